The molecular formula is C52H60N6O7. The highest BCUT2D eigenvalue weighted by Crippen LogP contribution is 2.28. The standard InChI is InChI=1S/C52H60N6O7/c1-36(40-14-7-4-8-15-40)11-6-5-9-28-54-52(64)65-43-25-30-58(31-26-43)32-27-49(62)57(3)42-18-16-41(17-19-42)51(63)53-29-24-38-12-10-13-39(34-38)33-37(2)55-35-47(60)44-20-22-46(59)50-45(44)21-23-48(61)56-50/h4-23,34,37,43,47,55,59-60H,1,24-33,35H2,2-3H3,(H,53,63)(H,54,64)(H,56,61)/b9-5-,11-6-/t37-,47+/m1/s1. The Kier molecular flexibility index (Phi) is 17.4. The molecule has 5 aromatic rings. The molecule has 0 saturated carbocycles. The van der Waals surface area contributed by atoms with Crippen molar-refractivity contribution in [3.63, 3.8) is 0 Å². The van der Waals surface area contributed by atoms with Crippen LogP contribution in [0.4, 0.5) is 10.5 Å². The van der Waals surface area contributed by atoms with Gasteiger partial charge in [-0.3, -0.25) is 14.4 Å². The number of alkyl carbamates (subject to hydrolysis) is 1. The van der Waals surface area contributed by atoms with Crippen LogP contribution in [0.15, 0.2) is 139 Å². The van der Waals surface area contributed by atoms with Crippen molar-refractivity contribution in [1.82, 2.24) is 25.8 Å². The number of aromatic hydroxyl groups is 1. The maximum Gasteiger partial charge on any atom is 0.407 e. The summed E-state index contributed by atoms with van der Waals surface area (Å²) in [6, 6.07) is 31.3. The molecule has 2 heterocycles. The number of amides is 3. The first-order valence-electron chi connectivity index (χ1n) is 22.2. The molecule has 0 spiro atoms. The number of hydrogen-bond donors (Lipinski definition) is 6. The van der Waals surface area contributed by atoms with Gasteiger partial charge in [0.05, 0.1) is 11.6 Å². The Morgan fingerprint density at radius 1 is 0.923 bits per heavy atom. The lowest BCUT2D eigenvalue weighted by Gasteiger charge is -2.31. The summed E-state index contributed by atoms with van der Waals surface area (Å²) in [7, 11) is 1.74. The largest absolute Gasteiger partial charge is 0.506 e. The van der Waals surface area contributed by atoms with Gasteiger partial charge in [-0.2, -0.15) is 0 Å². The second-order valence-corrected chi connectivity index (χ2v) is 16.4. The molecular weight excluding hydrogens is 821 g/mol. The minimum absolute atomic E-state index is 0.0281. The number of aromatic amines is 1. The minimum Gasteiger partial charge on any atom is -0.506 e. The number of rotatable bonds is 20. The predicted octanol–water partition coefficient (Wildman–Crippen LogP) is 6.83. The van der Waals surface area contributed by atoms with E-state index in [-0.39, 0.29) is 41.8 Å². The van der Waals surface area contributed by atoms with Crippen molar-refractivity contribution in [3.05, 3.63) is 172 Å². The molecule has 340 valence electrons. The number of carbonyl (C=O) groups excluding carboxylic acids is 3. The van der Waals surface area contributed by atoms with Crippen LogP contribution in [0.2, 0.25) is 0 Å². The van der Waals surface area contributed by atoms with Gasteiger partial charge in [-0.05, 0) is 96.8 Å². The number of H-pyrrole nitrogens is 1. The van der Waals surface area contributed by atoms with E-state index in [1.165, 1.54) is 12.1 Å². The number of carbonyl (C=O) groups is 3. The molecule has 6 rings (SSSR count). The van der Waals surface area contributed by atoms with Crippen LogP contribution in [0.25, 0.3) is 16.5 Å². The van der Waals surface area contributed by atoms with Crippen molar-refractivity contribution in [1.29, 1.82) is 0 Å². The normalized spacial score (nSPS) is 14.3. The fraction of sp³-hybridized carbons (Fsp3) is 0.308. The van der Waals surface area contributed by atoms with Gasteiger partial charge in [0.2, 0.25) is 11.5 Å². The van der Waals surface area contributed by atoms with Crippen LogP contribution in [0, 0.1) is 0 Å². The Morgan fingerprint density at radius 2 is 1.68 bits per heavy atom. The molecule has 13 nitrogen and oxygen atoms in total. The quantitative estimate of drug-likeness (QED) is 0.0458. The topological polar surface area (TPSA) is 176 Å². The first-order chi connectivity index (χ1) is 31.4. The molecule has 1 aliphatic rings. The summed E-state index contributed by atoms with van der Waals surface area (Å²) in [4.78, 5) is 56.7. The maximum atomic E-state index is 13.1. The Morgan fingerprint density at radius 3 is 2.45 bits per heavy atom. The summed E-state index contributed by atoms with van der Waals surface area (Å²) < 4.78 is 5.62. The monoisotopic (exact) mass is 880 g/mol. The van der Waals surface area contributed by atoms with Gasteiger partial charge in [-0.25, -0.2) is 4.79 Å². The Hall–Kier alpha value is -6.80. The third kappa shape index (κ3) is 14.4. The summed E-state index contributed by atoms with van der Waals surface area (Å²) in [6.45, 7) is 9.28. The number of pyridine rings is 1. The number of likely N-dealkylation sites (tertiary alicyclic amines) is 1. The molecule has 65 heavy (non-hydrogen) atoms. The Balaban J connectivity index is 0.842. The van der Waals surface area contributed by atoms with Gasteiger partial charge in [0.25, 0.3) is 5.91 Å². The average molecular weight is 881 g/mol. The van der Waals surface area contributed by atoms with Gasteiger partial charge in [0.15, 0.2) is 0 Å². The van der Waals surface area contributed by atoms with Crippen LogP contribution in [-0.2, 0) is 22.4 Å². The molecule has 3 amide bonds. The highest BCUT2D eigenvalue weighted by molar-refractivity contribution is 5.96. The average Bonchev–Trinajstić information content (AvgIpc) is 3.32. The van der Waals surface area contributed by atoms with Crippen LogP contribution in [0.3, 0.4) is 0 Å². The first-order valence-corrected chi connectivity index (χ1v) is 22.2. The number of nitrogens with one attached hydrogen (secondary N) is 4. The van der Waals surface area contributed by atoms with Crippen LogP contribution < -0.4 is 26.4 Å². The molecule has 1 aliphatic heterocycles. The fourth-order valence-electron chi connectivity index (χ4n) is 7.79. The van der Waals surface area contributed by atoms with Crippen LogP contribution in [0.1, 0.15) is 64.9 Å². The number of aromatic nitrogens is 1. The second kappa shape index (κ2) is 23.8. The van der Waals surface area contributed by atoms with Crippen LogP contribution >= 0.6 is 0 Å². The predicted molar refractivity (Wildman–Crippen MR) is 257 cm³/mol. The summed E-state index contributed by atoms with van der Waals surface area (Å²) in [6.07, 6.45) is 9.18. The number of benzene rings is 4. The summed E-state index contributed by atoms with van der Waals surface area (Å²) in [5.41, 5.74) is 5.97. The smallest absolute Gasteiger partial charge is 0.407 e. The number of nitrogens with zero attached hydrogens (tertiary/aromatic N) is 2. The molecule has 0 bridgehead atoms. The molecule has 1 aromatic heterocycles. The second-order valence-electron chi connectivity index (χ2n) is 16.4. The molecule has 6 N–H and O–H groups in total. The van der Waals surface area contributed by atoms with Gasteiger partial charge in [0.1, 0.15) is 11.9 Å². The molecule has 4 aromatic carbocycles. The molecule has 1 saturated heterocycles. The first kappa shape index (κ1) is 47.7. The van der Waals surface area contributed by atoms with E-state index < -0.39 is 12.2 Å². The van der Waals surface area contributed by atoms with E-state index in [0.717, 1.165) is 41.8 Å². The molecule has 2 atom stereocenters. The van der Waals surface area contributed by atoms with Crippen molar-refractivity contribution < 1.29 is 29.3 Å². The number of allylic oxidation sites excluding steroid dienone is 4. The van der Waals surface area contributed by atoms with Gasteiger partial charge in [-0.1, -0.05) is 91.5 Å². The van der Waals surface area contributed by atoms with Crippen molar-refractivity contribution in [2.45, 2.75) is 57.3 Å². The number of aliphatic hydroxyl groups is 1. The molecule has 0 unspecified atom stereocenters. The summed E-state index contributed by atoms with van der Waals surface area (Å²) in [5, 5.41) is 30.9. The van der Waals surface area contributed by atoms with E-state index in [1.807, 2.05) is 73.7 Å². The lowest BCUT2D eigenvalue weighted by atomic mass is 10.0. The fourth-order valence-corrected chi connectivity index (χ4v) is 7.79. The van der Waals surface area contributed by atoms with Gasteiger partial charge in [0, 0.05) is 81.5 Å². The zero-order valence-electron chi connectivity index (χ0n) is 37.2. The number of aliphatic hydroxyl groups excluding tert-OH is 1. The highest BCUT2D eigenvalue weighted by atomic mass is 16.6. The third-order valence-electron chi connectivity index (χ3n) is 11.6. The summed E-state index contributed by atoms with van der Waals surface area (Å²) in [5.74, 6) is -0.270. The van der Waals surface area contributed by atoms with Crippen molar-refractivity contribution in [3.8, 4) is 5.75 Å². The highest BCUT2D eigenvalue weighted by Gasteiger charge is 2.23. The van der Waals surface area contributed by atoms with Crippen molar-refractivity contribution in [2.75, 3.05) is 51.2 Å². The van der Waals surface area contributed by atoms with Crippen LogP contribution in [0.5, 0.6) is 5.75 Å². The zero-order chi connectivity index (χ0) is 46.1. The molecule has 0 aliphatic carbocycles. The van der Waals surface area contributed by atoms with E-state index in [0.29, 0.717) is 73.0 Å². The minimum atomic E-state index is -0.849. The lowest BCUT2D eigenvalue weighted by Crippen LogP contribution is -2.41. The number of fused-ring (bicyclic) bond motifs is 1. The third-order valence-corrected chi connectivity index (χ3v) is 11.6. The van der Waals surface area contributed by atoms with Crippen LogP contribution in [-0.4, -0.2) is 96.5 Å². The summed E-state index contributed by atoms with van der Waals surface area (Å²) >= 11 is 0. The van der Waals surface area contributed by atoms with Gasteiger partial charge < -0.3 is 45.7 Å². The lowest BCUT2D eigenvalue weighted by molar-refractivity contribution is -0.118. The van der Waals surface area contributed by atoms with Crippen molar-refractivity contribution in [2.24, 2.45) is 0 Å². The van der Waals surface area contributed by atoms with E-state index in [1.54, 1.807) is 48.3 Å². The number of phenolic OH excluding ortho intramolecular Hbond substituents is 1. The number of anilines is 1. The van der Waals surface area contributed by atoms with E-state index >= 15 is 0 Å². The van der Waals surface area contributed by atoms with Gasteiger partial charge in [-0.15, -0.1) is 0 Å². The zero-order valence-corrected chi connectivity index (χ0v) is 37.2. The molecule has 1 fully saturated rings. The maximum absolute atomic E-state index is 13.1. The SMILES string of the molecule is C=C(/C=C\C=C/CNC(=O)OC1CCN(CCC(=O)N(C)c2ccc(C(=O)NCCc3cccc(C[C@@H](C)NC[C@H](O)c4ccc(O)c5[nH]c(=O)ccc45)c3)cc2)CC1)c1ccccc1. The van der Waals surface area contributed by atoms with Gasteiger partial charge >= 0.3 is 6.09 Å². The molecule has 13 heteroatoms. The Bertz CT molecular complexity index is 2510. The Labute approximate surface area is 380 Å². The number of ether oxygens (including phenoxy) is 1. The number of piperidine rings is 1. The number of phenols is 1. The van der Waals surface area contributed by atoms with Crippen molar-refractivity contribution >= 4 is 40.1 Å². The van der Waals surface area contributed by atoms with E-state index in [9.17, 15) is 29.4 Å². The van der Waals surface area contributed by atoms with E-state index in [4.69, 9.17) is 4.74 Å². The molecule has 0 radical (unpaired) electrons. The number of hydrogen-bond acceptors (Lipinski definition) is 9. The van der Waals surface area contributed by atoms with E-state index in [2.05, 4.69) is 44.5 Å².